The normalized spacial score (nSPS) is 18.0. The minimum absolute atomic E-state index is 0.0872. The van der Waals surface area contributed by atoms with Gasteiger partial charge in [-0.15, -0.1) is 11.3 Å². The van der Waals surface area contributed by atoms with Crippen LogP contribution in [0.15, 0.2) is 0 Å². The second kappa shape index (κ2) is 7.11. The lowest BCUT2D eigenvalue weighted by Crippen LogP contribution is -2.33. The summed E-state index contributed by atoms with van der Waals surface area (Å²) >= 11 is 1.66. The minimum Gasteiger partial charge on any atom is -0.485 e. The molecule has 2 N–H and O–H groups in total. The maximum atomic E-state index is 10.7. The van der Waals surface area contributed by atoms with Gasteiger partial charge in [-0.25, -0.2) is 0 Å². The summed E-state index contributed by atoms with van der Waals surface area (Å²) in [6.07, 6.45) is 0.864. The highest BCUT2D eigenvalue weighted by Crippen LogP contribution is 2.43. The van der Waals surface area contributed by atoms with Crippen molar-refractivity contribution in [3.8, 4) is 11.5 Å². The predicted molar refractivity (Wildman–Crippen MR) is 80.7 cm³/mol. The Bertz CT molecular complexity index is 523. The van der Waals surface area contributed by atoms with E-state index in [9.17, 15) is 4.57 Å². The summed E-state index contributed by atoms with van der Waals surface area (Å²) in [6.45, 7) is 5.37. The molecule has 2 rings (SSSR count). The Kier molecular flexibility index (Phi) is 5.68. The lowest BCUT2D eigenvalue weighted by Gasteiger charge is -2.25. The van der Waals surface area contributed by atoms with Crippen molar-refractivity contribution in [2.75, 3.05) is 26.0 Å². The van der Waals surface area contributed by atoms with Gasteiger partial charge in [-0.1, -0.05) is 0 Å². The van der Waals surface area contributed by atoms with Crippen molar-refractivity contribution in [2.45, 2.75) is 32.8 Å². The van der Waals surface area contributed by atoms with E-state index in [1.165, 1.54) is 0 Å². The van der Waals surface area contributed by atoms with Crippen molar-refractivity contribution < 1.29 is 28.6 Å². The number of ether oxygens (including phenoxy) is 3. The van der Waals surface area contributed by atoms with E-state index >= 15 is 0 Å². The second-order valence-corrected chi connectivity index (χ2v) is 8.30. The first-order valence-corrected chi connectivity index (χ1v) is 9.50. The van der Waals surface area contributed by atoms with Crippen molar-refractivity contribution in [1.82, 2.24) is 0 Å². The van der Waals surface area contributed by atoms with Gasteiger partial charge in [0.05, 0.1) is 6.61 Å². The van der Waals surface area contributed by atoms with Gasteiger partial charge in [0.25, 0.3) is 0 Å². The third kappa shape index (κ3) is 4.97. The molecule has 0 aromatic carbocycles. The Balaban J connectivity index is 1.67. The maximum absolute atomic E-state index is 10.7. The fourth-order valence-corrected chi connectivity index (χ4v) is 3.71. The largest absolute Gasteiger partial charge is 0.485 e. The zero-order valence-corrected chi connectivity index (χ0v) is 13.9. The molecule has 1 aromatic heterocycles. The Hall–Kier alpha value is -0.590. The fourth-order valence-electron chi connectivity index (χ4n) is 2.14. The average molecular weight is 336 g/mol. The van der Waals surface area contributed by atoms with E-state index in [1.807, 2.05) is 13.8 Å². The molecule has 21 heavy (non-hydrogen) atoms. The molecule has 2 heterocycles. The van der Waals surface area contributed by atoms with E-state index < -0.39 is 7.60 Å². The van der Waals surface area contributed by atoms with Crippen LogP contribution in [0.1, 0.15) is 22.6 Å². The van der Waals surface area contributed by atoms with Gasteiger partial charge in [0, 0.05) is 22.5 Å². The van der Waals surface area contributed by atoms with Crippen LogP contribution in [0, 0.1) is 13.8 Å². The van der Waals surface area contributed by atoms with Gasteiger partial charge in [0.2, 0.25) is 0 Å². The van der Waals surface area contributed by atoms with Crippen LogP contribution in [0.5, 0.6) is 11.5 Å². The first kappa shape index (κ1) is 16.8. The molecule has 6 nitrogen and oxygen atoms in total. The highest BCUT2D eigenvalue weighted by Gasteiger charge is 2.26. The monoisotopic (exact) mass is 336 g/mol. The van der Waals surface area contributed by atoms with Crippen molar-refractivity contribution in [1.29, 1.82) is 0 Å². The third-order valence-electron chi connectivity index (χ3n) is 3.14. The molecule has 0 amide bonds. The smallest absolute Gasteiger partial charge is 0.325 e. The van der Waals surface area contributed by atoms with Crippen LogP contribution in [0.4, 0.5) is 0 Å². The first-order chi connectivity index (χ1) is 9.87. The molecule has 0 saturated heterocycles. The van der Waals surface area contributed by atoms with E-state index in [2.05, 4.69) is 0 Å². The van der Waals surface area contributed by atoms with Gasteiger partial charge in [-0.05, 0) is 26.7 Å². The maximum Gasteiger partial charge on any atom is 0.325 e. The SMILES string of the molecule is Cc1sc(C)c2c1OCC(COCCCCP(=O)(O)O)O2. The van der Waals surface area contributed by atoms with Crippen LogP contribution in [-0.4, -0.2) is 41.9 Å². The van der Waals surface area contributed by atoms with Crippen molar-refractivity contribution >= 4 is 18.9 Å². The number of thiophene rings is 1. The number of rotatable bonds is 7. The Morgan fingerprint density at radius 3 is 2.71 bits per heavy atom. The van der Waals surface area contributed by atoms with Crippen LogP contribution in [0.25, 0.3) is 0 Å². The molecule has 0 radical (unpaired) electrons. The summed E-state index contributed by atoms with van der Waals surface area (Å²) in [5.41, 5.74) is 0. The molecule has 1 aromatic rings. The highest BCUT2D eigenvalue weighted by atomic mass is 32.1. The van der Waals surface area contributed by atoms with Gasteiger partial charge < -0.3 is 24.0 Å². The molecule has 1 unspecified atom stereocenters. The summed E-state index contributed by atoms with van der Waals surface area (Å²) in [4.78, 5) is 19.7. The standard InChI is InChI=1S/C13H21O6PS/c1-9-12-13(10(2)21-9)19-11(8-18-12)7-17-5-3-4-6-20(14,15)16/h11H,3-8H2,1-2H3,(H2,14,15,16). The van der Waals surface area contributed by atoms with Crippen LogP contribution in [0.3, 0.4) is 0 Å². The van der Waals surface area contributed by atoms with Crippen molar-refractivity contribution in [3.63, 3.8) is 0 Å². The van der Waals surface area contributed by atoms with E-state index in [-0.39, 0.29) is 12.3 Å². The molecule has 1 atom stereocenters. The Labute approximate surface area is 128 Å². The summed E-state index contributed by atoms with van der Waals surface area (Å²) < 4.78 is 27.8. The third-order valence-corrected chi connectivity index (χ3v) is 5.02. The molecule has 0 bridgehead atoms. The van der Waals surface area contributed by atoms with Crippen LogP contribution in [-0.2, 0) is 9.30 Å². The zero-order chi connectivity index (χ0) is 15.5. The quantitative estimate of drug-likeness (QED) is 0.588. The van der Waals surface area contributed by atoms with E-state index in [4.69, 9.17) is 24.0 Å². The Morgan fingerprint density at radius 2 is 2.00 bits per heavy atom. The predicted octanol–water partition coefficient (Wildman–Crippen LogP) is 2.48. The number of unbranched alkanes of at least 4 members (excludes halogenated alkanes) is 1. The summed E-state index contributed by atoms with van der Waals surface area (Å²) in [5.74, 6) is 1.66. The van der Waals surface area contributed by atoms with Crippen LogP contribution >= 0.6 is 18.9 Å². The molecule has 8 heteroatoms. The topological polar surface area (TPSA) is 85.2 Å². The number of hydrogen-bond acceptors (Lipinski definition) is 5. The fraction of sp³-hybridized carbons (Fsp3) is 0.692. The van der Waals surface area contributed by atoms with Gasteiger partial charge in [0.1, 0.15) is 6.61 Å². The first-order valence-electron chi connectivity index (χ1n) is 6.88. The molecule has 0 saturated carbocycles. The van der Waals surface area contributed by atoms with E-state index in [0.29, 0.717) is 32.7 Å². The molecule has 1 aliphatic rings. The zero-order valence-electron chi connectivity index (χ0n) is 12.2. The summed E-state index contributed by atoms with van der Waals surface area (Å²) in [6, 6.07) is 0. The van der Waals surface area contributed by atoms with Crippen molar-refractivity contribution in [3.05, 3.63) is 9.75 Å². The second-order valence-electron chi connectivity index (χ2n) is 5.09. The summed E-state index contributed by atoms with van der Waals surface area (Å²) in [5, 5.41) is 0. The van der Waals surface area contributed by atoms with Gasteiger partial charge >= 0.3 is 7.60 Å². The highest BCUT2D eigenvalue weighted by molar-refractivity contribution is 7.51. The van der Waals surface area contributed by atoms with E-state index in [0.717, 1.165) is 21.3 Å². The molecule has 120 valence electrons. The Morgan fingerprint density at radius 1 is 1.29 bits per heavy atom. The van der Waals surface area contributed by atoms with Gasteiger partial charge in [-0.2, -0.15) is 0 Å². The summed E-state index contributed by atoms with van der Waals surface area (Å²) in [7, 11) is -3.88. The number of hydrogen-bond donors (Lipinski definition) is 2. The molecular weight excluding hydrogens is 315 g/mol. The average Bonchev–Trinajstić information content (AvgIpc) is 2.68. The van der Waals surface area contributed by atoms with Gasteiger partial charge in [0.15, 0.2) is 17.6 Å². The number of fused-ring (bicyclic) bond motifs is 1. The molecule has 0 fully saturated rings. The molecule has 0 spiro atoms. The molecule has 0 aliphatic carbocycles. The number of aryl methyl sites for hydroxylation is 2. The lowest BCUT2D eigenvalue weighted by atomic mass is 10.3. The molecule has 1 aliphatic heterocycles. The molecular formula is C13H21O6PS. The van der Waals surface area contributed by atoms with Crippen LogP contribution in [0.2, 0.25) is 0 Å². The van der Waals surface area contributed by atoms with Gasteiger partial charge in [-0.3, -0.25) is 4.57 Å². The minimum atomic E-state index is -3.88. The van der Waals surface area contributed by atoms with Crippen molar-refractivity contribution in [2.24, 2.45) is 0 Å². The van der Waals surface area contributed by atoms with Crippen LogP contribution < -0.4 is 9.47 Å². The van der Waals surface area contributed by atoms with E-state index in [1.54, 1.807) is 11.3 Å². The lowest BCUT2D eigenvalue weighted by molar-refractivity contribution is 0.00812.